The Morgan fingerprint density at radius 2 is 0.971 bits per heavy atom. The average molecular weight is 440 g/mol. The zero-order valence-electron chi connectivity index (χ0n) is 19.0. The molecule has 1 N–H and O–H groups in total. The minimum Gasteiger partial charge on any atom is -0.321 e. The van der Waals surface area contributed by atoms with Crippen LogP contribution in [0.4, 0.5) is 5.69 Å². The van der Waals surface area contributed by atoms with Gasteiger partial charge in [-0.05, 0) is 53.4 Å². The molecule has 0 spiro atoms. The molecule has 0 aromatic heterocycles. The van der Waals surface area contributed by atoms with Crippen molar-refractivity contribution in [2.24, 2.45) is 0 Å². The van der Waals surface area contributed by atoms with Crippen molar-refractivity contribution in [1.29, 1.82) is 0 Å². The third-order valence-electron chi connectivity index (χ3n) is 5.97. The lowest BCUT2D eigenvalue weighted by molar-refractivity contribution is 0.102. The first kappa shape index (κ1) is 21.4. The van der Waals surface area contributed by atoms with E-state index in [1.165, 1.54) is 0 Å². The molecule has 0 aliphatic heterocycles. The Morgan fingerprint density at radius 3 is 1.44 bits per heavy atom. The summed E-state index contributed by atoms with van der Waals surface area (Å²) < 4.78 is 0. The largest absolute Gasteiger partial charge is 0.321 e. The molecule has 0 aliphatic rings. The number of hydrogen-bond acceptors (Lipinski definition) is 1. The van der Waals surface area contributed by atoms with Crippen LogP contribution in [-0.4, -0.2) is 5.91 Å². The van der Waals surface area contributed by atoms with E-state index in [1.807, 2.05) is 85.8 Å². The summed E-state index contributed by atoms with van der Waals surface area (Å²) in [5, 5.41) is 3.25. The van der Waals surface area contributed by atoms with Crippen LogP contribution in [0.25, 0.3) is 33.4 Å². The molecule has 0 aliphatic carbocycles. The second kappa shape index (κ2) is 9.60. The van der Waals surface area contributed by atoms with Crippen molar-refractivity contribution in [3.05, 3.63) is 139 Å². The van der Waals surface area contributed by atoms with Gasteiger partial charge < -0.3 is 5.32 Å². The van der Waals surface area contributed by atoms with Crippen molar-refractivity contribution >= 4 is 11.6 Å². The first-order valence-corrected chi connectivity index (χ1v) is 11.4. The van der Waals surface area contributed by atoms with Crippen LogP contribution in [-0.2, 0) is 0 Å². The quantitative estimate of drug-likeness (QED) is 0.293. The lowest BCUT2D eigenvalue weighted by atomic mass is 9.91. The first-order valence-electron chi connectivity index (χ1n) is 11.4. The van der Waals surface area contributed by atoms with Crippen molar-refractivity contribution in [1.82, 2.24) is 0 Å². The van der Waals surface area contributed by atoms with Crippen LogP contribution in [0.3, 0.4) is 0 Å². The van der Waals surface area contributed by atoms with Crippen molar-refractivity contribution in [2.75, 3.05) is 5.32 Å². The molecule has 0 saturated carbocycles. The average Bonchev–Trinajstić information content (AvgIpc) is 2.90. The van der Waals surface area contributed by atoms with E-state index in [0.29, 0.717) is 5.56 Å². The van der Waals surface area contributed by atoms with E-state index in [4.69, 9.17) is 0 Å². The standard InChI is InChI=1S/C32H25NO/c1-23-17-19-27(20-18-23)32(34)33-31-29(25-13-7-3-8-14-25)21-28(24-11-5-2-6-12-24)22-30(31)26-15-9-4-10-16-26/h2-22H,1H3,(H,33,34). The fourth-order valence-corrected chi connectivity index (χ4v) is 4.16. The lowest BCUT2D eigenvalue weighted by Gasteiger charge is -2.19. The van der Waals surface area contributed by atoms with Crippen LogP contribution in [0.5, 0.6) is 0 Å². The van der Waals surface area contributed by atoms with E-state index in [-0.39, 0.29) is 5.91 Å². The monoisotopic (exact) mass is 439 g/mol. The Balaban J connectivity index is 1.73. The van der Waals surface area contributed by atoms with Crippen LogP contribution in [0, 0.1) is 6.92 Å². The van der Waals surface area contributed by atoms with Gasteiger partial charge >= 0.3 is 0 Å². The highest BCUT2D eigenvalue weighted by atomic mass is 16.1. The number of aryl methyl sites for hydroxylation is 1. The maximum Gasteiger partial charge on any atom is 0.255 e. The molecular weight excluding hydrogens is 414 g/mol. The van der Waals surface area contributed by atoms with Crippen LogP contribution in [0.2, 0.25) is 0 Å². The number of benzene rings is 5. The smallest absolute Gasteiger partial charge is 0.255 e. The Morgan fingerprint density at radius 1 is 0.529 bits per heavy atom. The summed E-state index contributed by atoms with van der Waals surface area (Å²) in [4.78, 5) is 13.3. The molecule has 0 fully saturated rings. The molecule has 164 valence electrons. The Kier molecular flexibility index (Phi) is 6.05. The van der Waals surface area contributed by atoms with E-state index >= 15 is 0 Å². The van der Waals surface area contributed by atoms with E-state index in [9.17, 15) is 4.79 Å². The highest BCUT2D eigenvalue weighted by Gasteiger charge is 2.18. The molecule has 0 heterocycles. The Labute approximate surface area is 200 Å². The summed E-state index contributed by atoms with van der Waals surface area (Å²) in [6.07, 6.45) is 0. The summed E-state index contributed by atoms with van der Waals surface area (Å²) in [5.41, 5.74) is 8.88. The van der Waals surface area contributed by atoms with Crippen LogP contribution < -0.4 is 5.32 Å². The summed E-state index contributed by atoms with van der Waals surface area (Å²) in [6, 6.07) is 42.8. The molecule has 1 amide bonds. The number of anilines is 1. The zero-order chi connectivity index (χ0) is 23.3. The topological polar surface area (TPSA) is 29.1 Å². The lowest BCUT2D eigenvalue weighted by Crippen LogP contribution is -2.13. The number of carbonyl (C=O) groups is 1. The molecule has 0 saturated heterocycles. The number of amides is 1. The van der Waals surface area contributed by atoms with Gasteiger partial charge in [0.1, 0.15) is 0 Å². The molecular formula is C32H25NO. The van der Waals surface area contributed by atoms with Gasteiger partial charge in [-0.25, -0.2) is 0 Å². The Bertz CT molecular complexity index is 1350. The van der Waals surface area contributed by atoms with Crippen LogP contribution in [0.15, 0.2) is 127 Å². The van der Waals surface area contributed by atoms with Gasteiger partial charge in [0, 0.05) is 16.7 Å². The number of nitrogens with one attached hydrogen (secondary N) is 1. The predicted molar refractivity (Wildman–Crippen MR) is 142 cm³/mol. The molecule has 5 rings (SSSR count). The number of carbonyl (C=O) groups excluding carboxylic acids is 1. The second-order valence-electron chi connectivity index (χ2n) is 8.36. The summed E-state index contributed by atoms with van der Waals surface area (Å²) in [7, 11) is 0. The molecule has 34 heavy (non-hydrogen) atoms. The summed E-state index contributed by atoms with van der Waals surface area (Å²) >= 11 is 0. The molecule has 0 radical (unpaired) electrons. The third-order valence-corrected chi connectivity index (χ3v) is 5.97. The highest BCUT2D eigenvalue weighted by molar-refractivity contribution is 6.10. The predicted octanol–water partition coefficient (Wildman–Crippen LogP) is 8.25. The molecule has 0 atom stereocenters. The highest BCUT2D eigenvalue weighted by Crippen LogP contribution is 2.41. The van der Waals surface area contributed by atoms with Crippen LogP contribution >= 0.6 is 0 Å². The Hall–Kier alpha value is -4.43. The molecule has 2 nitrogen and oxygen atoms in total. The fraction of sp³-hybridized carbons (Fsp3) is 0.0312. The van der Waals surface area contributed by atoms with Gasteiger partial charge in [0.05, 0.1) is 5.69 Å². The van der Waals surface area contributed by atoms with E-state index in [1.54, 1.807) is 0 Å². The van der Waals surface area contributed by atoms with Crippen molar-refractivity contribution < 1.29 is 4.79 Å². The number of rotatable bonds is 5. The maximum absolute atomic E-state index is 13.3. The van der Waals surface area contributed by atoms with E-state index in [2.05, 4.69) is 53.8 Å². The van der Waals surface area contributed by atoms with E-state index in [0.717, 1.165) is 44.6 Å². The van der Waals surface area contributed by atoms with Gasteiger partial charge in [-0.3, -0.25) is 4.79 Å². The van der Waals surface area contributed by atoms with Gasteiger partial charge in [0.25, 0.3) is 5.91 Å². The first-order chi connectivity index (χ1) is 16.7. The van der Waals surface area contributed by atoms with Crippen molar-refractivity contribution in [2.45, 2.75) is 6.92 Å². The molecule has 0 bridgehead atoms. The normalized spacial score (nSPS) is 10.6. The minimum atomic E-state index is -0.123. The van der Waals surface area contributed by atoms with Gasteiger partial charge in [-0.15, -0.1) is 0 Å². The fourth-order valence-electron chi connectivity index (χ4n) is 4.16. The van der Waals surface area contributed by atoms with Crippen molar-refractivity contribution in [3.8, 4) is 33.4 Å². The molecule has 5 aromatic rings. The van der Waals surface area contributed by atoms with E-state index < -0.39 is 0 Å². The third kappa shape index (κ3) is 4.53. The molecule has 5 aromatic carbocycles. The molecule has 2 heteroatoms. The van der Waals surface area contributed by atoms with Gasteiger partial charge in [0.15, 0.2) is 0 Å². The second-order valence-corrected chi connectivity index (χ2v) is 8.36. The number of hydrogen-bond donors (Lipinski definition) is 1. The SMILES string of the molecule is Cc1ccc(C(=O)Nc2c(-c3ccccc3)cc(-c3ccccc3)cc2-c2ccccc2)cc1. The van der Waals surface area contributed by atoms with Gasteiger partial charge in [-0.1, -0.05) is 109 Å². The van der Waals surface area contributed by atoms with Gasteiger partial charge in [-0.2, -0.15) is 0 Å². The summed E-state index contributed by atoms with van der Waals surface area (Å²) in [6.45, 7) is 2.02. The summed E-state index contributed by atoms with van der Waals surface area (Å²) in [5.74, 6) is -0.123. The minimum absolute atomic E-state index is 0.123. The zero-order valence-corrected chi connectivity index (χ0v) is 19.0. The van der Waals surface area contributed by atoms with Crippen LogP contribution in [0.1, 0.15) is 15.9 Å². The van der Waals surface area contributed by atoms with Crippen molar-refractivity contribution in [3.63, 3.8) is 0 Å². The van der Waals surface area contributed by atoms with Gasteiger partial charge in [0.2, 0.25) is 0 Å². The molecule has 0 unspecified atom stereocenters. The maximum atomic E-state index is 13.3.